The molecule has 1 saturated carbocycles. The number of phenolic OH excluding ortho intramolecular Hbond substituents is 1. The zero-order valence-electron chi connectivity index (χ0n) is 19.4. The van der Waals surface area contributed by atoms with Gasteiger partial charge in [0.05, 0.1) is 16.9 Å². The molecule has 2 aromatic heterocycles. The van der Waals surface area contributed by atoms with Gasteiger partial charge in [-0.25, -0.2) is 9.78 Å². The van der Waals surface area contributed by atoms with Gasteiger partial charge >= 0.3 is 6.09 Å². The van der Waals surface area contributed by atoms with E-state index < -0.39 is 6.09 Å². The van der Waals surface area contributed by atoms with E-state index in [1.54, 1.807) is 24.4 Å². The van der Waals surface area contributed by atoms with Gasteiger partial charge in [-0.15, -0.1) is 11.3 Å². The number of nitrogens with one attached hydrogen (secondary N) is 3. The second-order valence-corrected chi connectivity index (χ2v) is 9.86. The Morgan fingerprint density at radius 2 is 2.17 bits per heavy atom. The predicted octanol–water partition coefficient (Wildman–Crippen LogP) is 4.00. The third-order valence-electron chi connectivity index (χ3n) is 5.70. The Bertz CT molecular complexity index is 1220. The number of anilines is 1. The Labute approximate surface area is 206 Å². The lowest BCUT2D eigenvalue weighted by Crippen LogP contribution is -2.33. The second kappa shape index (κ2) is 10.7. The maximum absolute atomic E-state index is 12.5. The molecule has 11 heteroatoms. The van der Waals surface area contributed by atoms with Gasteiger partial charge in [-0.05, 0) is 39.2 Å². The molecule has 1 fully saturated rings. The van der Waals surface area contributed by atoms with Crippen LogP contribution < -0.4 is 10.6 Å². The van der Waals surface area contributed by atoms with Crippen LogP contribution in [0.3, 0.4) is 0 Å². The van der Waals surface area contributed by atoms with Gasteiger partial charge in [-0.3, -0.25) is 14.7 Å². The first-order chi connectivity index (χ1) is 16.8. The van der Waals surface area contributed by atoms with Crippen molar-refractivity contribution in [2.24, 2.45) is 0 Å². The monoisotopic (exact) mass is 497 g/mol. The smallest absolute Gasteiger partial charge is 0.407 e. The molecule has 0 radical (unpaired) electrons. The van der Waals surface area contributed by atoms with Crippen molar-refractivity contribution in [1.82, 2.24) is 20.5 Å². The van der Waals surface area contributed by atoms with Crippen LogP contribution in [0.25, 0.3) is 10.4 Å². The molecule has 3 aromatic rings. The van der Waals surface area contributed by atoms with Crippen LogP contribution in [-0.4, -0.2) is 50.7 Å². The summed E-state index contributed by atoms with van der Waals surface area (Å²) >= 11 is 1.28. The highest BCUT2D eigenvalue weighted by atomic mass is 32.1. The lowest BCUT2D eigenvalue weighted by atomic mass is 10.0. The first-order valence-corrected chi connectivity index (χ1v) is 12.2. The molecule has 184 valence electrons. The number of hydrogen-bond donors (Lipinski definition) is 4. The first-order valence-electron chi connectivity index (χ1n) is 11.4. The zero-order chi connectivity index (χ0) is 24.9. The number of aldehydes is 1. The van der Waals surface area contributed by atoms with Crippen LogP contribution in [0.1, 0.15) is 60.1 Å². The van der Waals surface area contributed by atoms with E-state index in [4.69, 9.17) is 4.74 Å². The van der Waals surface area contributed by atoms with Crippen LogP contribution in [0.2, 0.25) is 0 Å². The number of amides is 2. The first kappa shape index (κ1) is 24.4. The van der Waals surface area contributed by atoms with Gasteiger partial charge in [0, 0.05) is 35.5 Å². The molecular formula is C24H27N5O5S. The molecule has 0 spiro atoms. The lowest BCUT2D eigenvalue weighted by Gasteiger charge is -2.14. The van der Waals surface area contributed by atoms with Crippen molar-refractivity contribution in [2.45, 2.75) is 57.6 Å². The van der Waals surface area contributed by atoms with Crippen LogP contribution in [0.4, 0.5) is 10.6 Å². The molecule has 2 amide bonds. The summed E-state index contributed by atoms with van der Waals surface area (Å²) in [5.41, 5.74) is 1.65. The summed E-state index contributed by atoms with van der Waals surface area (Å²) in [4.78, 5) is 40.7. The number of H-pyrrole nitrogens is 1. The molecule has 0 aliphatic heterocycles. The van der Waals surface area contributed by atoms with Gasteiger partial charge < -0.3 is 20.5 Å². The quantitative estimate of drug-likeness (QED) is 0.344. The molecule has 1 aromatic carbocycles. The highest BCUT2D eigenvalue weighted by molar-refractivity contribution is 7.15. The van der Waals surface area contributed by atoms with Crippen molar-refractivity contribution in [3.8, 4) is 16.2 Å². The van der Waals surface area contributed by atoms with E-state index in [2.05, 4.69) is 25.8 Å². The number of nitrogens with zero attached hydrogens (tertiary/aromatic N) is 2. The van der Waals surface area contributed by atoms with Gasteiger partial charge in [0.25, 0.3) is 0 Å². The maximum atomic E-state index is 12.5. The van der Waals surface area contributed by atoms with Gasteiger partial charge in [0.1, 0.15) is 16.9 Å². The summed E-state index contributed by atoms with van der Waals surface area (Å²) in [6.07, 6.45) is 4.01. The highest BCUT2D eigenvalue weighted by Gasteiger charge is 2.30. The number of aromatic amines is 1. The van der Waals surface area contributed by atoms with Crippen LogP contribution in [-0.2, 0) is 16.0 Å². The van der Waals surface area contributed by atoms with E-state index in [1.807, 2.05) is 13.8 Å². The van der Waals surface area contributed by atoms with Crippen molar-refractivity contribution >= 4 is 35.4 Å². The van der Waals surface area contributed by atoms with Crippen LogP contribution in [0.15, 0.2) is 30.5 Å². The summed E-state index contributed by atoms with van der Waals surface area (Å²) in [5, 5.41) is 23.1. The molecular weight excluding hydrogens is 470 g/mol. The Morgan fingerprint density at radius 1 is 1.34 bits per heavy atom. The van der Waals surface area contributed by atoms with Crippen LogP contribution >= 0.6 is 11.3 Å². The van der Waals surface area contributed by atoms with Gasteiger partial charge in [0.2, 0.25) is 5.91 Å². The topological polar surface area (TPSA) is 146 Å². The molecule has 1 aliphatic carbocycles. The number of thiazole rings is 1. The molecule has 4 N–H and O–H groups in total. The minimum atomic E-state index is -0.403. The summed E-state index contributed by atoms with van der Waals surface area (Å²) in [7, 11) is 0. The number of aromatic hydroxyl groups is 1. The average Bonchev–Trinajstić information content (AvgIpc) is 3.54. The SMILES string of the molecule is CC(C)NC(=O)O[C@@H]1CC[C@H](c2cc(NC(=O)Cc3ncc(-c4cccc(O)c4C=O)s3)n[nH]2)C1. The van der Waals surface area contributed by atoms with Gasteiger partial charge in [-0.2, -0.15) is 5.10 Å². The molecule has 0 unspecified atom stereocenters. The zero-order valence-corrected chi connectivity index (χ0v) is 20.2. The standard InChI is InChI=1S/C24H27N5O5S/c1-13(2)26-24(33)34-15-7-6-14(8-15)18-9-21(29-28-18)27-22(32)10-23-25-11-20(35-23)16-4-3-5-19(31)17(16)12-30/h3-5,9,11-15,31H,6-8,10H2,1-2H3,(H,26,33)(H2,27,28,29,32)/t14-,15+/m0/s1. The van der Waals surface area contributed by atoms with Gasteiger partial charge in [0.15, 0.2) is 12.1 Å². The third kappa shape index (κ3) is 6.04. The van der Waals surface area contributed by atoms with Crippen molar-refractivity contribution in [2.75, 3.05) is 5.32 Å². The van der Waals surface area contributed by atoms with Gasteiger partial charge in [-0.1, -0.05) is 12.1 Å². The highest BCUT2D eigenvalue weighted by Crippen LogP contribution is 2.36. The Balaban J connectivity index is 1.31. The fraction of sp³-hybridized carbons (Fsp3) is 0.375. The number of carbonyl (C=O) groups excluding carboxylic acids is 3. The second-order valence-electron chi connectivity index (χ2n) is 8.74. The molecule has 0 bridgehead atoms. The number of alkyl carbamates (subject to hydrolysis) is 1. The van der Waals surface area contributed by atoms with Crippen molar-refractivity contribution in [1.29, 1.82) is 0 Å². The maximum Gasteiger partial charge on any atom is 0.407 e. The largest absolute Gasteiger partial charge is 0.507 e. The number of phenols is 1. The molecule has 2 heterocycles. The van der Waals surface area contributed by atoms with Crippen molar-refractivity contribution in [3.63, 3.8) is 0 Å². The van der Waals surface area contributed by atoms with E-state index in [9.17, 15) is 19.5 Å². The summed E-state index contributed by atoms with van der Waals surface area (Å²) in [6, 6.07) is 6.65. The van der Waals surface area contributed by atoms with Crippen LogP contribution in [0, 0.1) is 0 Å². The Kier molecular flexibility index (Phi) is 7.45. The van der Waals surface area contributed by atoms with E-state index in [-0.39, 0.29) is 41.7 Å². The third-order valence-corrected chi connectivity index (χ3v) is 6.73. The molecule has 0 saturated heterocycles. The van der Waals surface area contributed by atoms with E-state index >= 15 is 0 Å². The fourth-order valence-corrected chi connectivity index (χ4v) is 5.05. The summed E-state index contributed by atoms with van der Waals surface area (Å²) in [5.74, 6) is 0.215. The minimum Gasteiger partial charge on any atom is -0.507 e. The predicted molar refractivity (Wildman–Crippen MR) is 131 cm³/mol. The number of benzene rings is 1. The number of hydrogen-bond acceptors (Lipinski definition) is 8. The van der Waals surface area contributed by atoms with Crippen molar-refractivity contribution < 1.29 is 24.2 Å². The van der Waals surface area contributed by atoms with E-state index in [0.29, 0.717) is 34.0 Å². The Hall–Kier alpha value is -3.73. The lowest BCUT2D eigenvalue weighted by molar-refractivity contribution is -0.115. The normalized spacial score (nSPS) is 17.3. The van der Waals surface area contributed by atoms with Crippen molar-refractivity contribution in [3.05, 3.63) is 46.7 Å². The molecule has 10 nitrogen and oxygen atoms in total. The number of aromatic nitrogens is 3. The average molecular weight is 498 g/mol. The molecule has 1 aliphatic rings. The number of carbonyl (C=O) groups is 3. The van der Waals surface area contributed by atoms with E-state index in [1.165, 1.54) is 17.4 Å². The number of ether oxygens (including phenoxy) is 1. The molecule has 2 atom stereocenters. The minimum absolute atomic E-state index is 0.0231. The molecule has 4 rings (SSSR count). The fourth-order valence-electron chi connectivity index (χ4n) is 4.09. The summed E-state index contributed by atoms with van der Waals surface area (Å²) in [6.45, 7) is 3.76. The Morgan fingerprint density at radius 3 is 2.94 bits per heavy atom. The van der Waals surface area contributed by atoms with E-state index in [0.717, 1.165) is 18.5 Å². The van der Waals surface area contributed by atoms with Crippen LogP contribution in [0.5, 0.6) is 5.75 Å². The number of rotatable bonds is 8. The summed E-state index contributed by atoms with van der Waals surface area (Å²) < 4.78 is 5.47. The molecule has 35 heavy (non-hydrogen) atoms.